The molecular formula is C22H19F3N4O3. The molecule has 0 radical (unpaired) electrons. The lowest BCUT2D eigenvalue weighted by molar-refractivity contribution is -0.274. The van der Waals surface area contributed by atoms with Gasteiger partial charge in [0.1, 0.15) is 5.75 Å². The second-order valence-electron chi connectivity index (χ2n) is 7.38. The third-order valence-electron chi connectivity index (χ3n) is 5.02. The van der Waals surface area contributed by atoms with E-state index in [9.17, 15) is 22.8 Å². The Kier molecular flexibility index (Phi) is 5.60. The van der Waals surface area contributed by atoms with E-state index >= 15 is 0 Å². The number of alkyl halides is 3. The van der Waals surface area contributed by atoms with Gasteiger partial charge in [0.2, 0.25) is 11.8 Å². The molecule has 2 amide bonds. The molecule has 0 bridgehead atoms. The molecule has 1 saturated heterocycles. The maximum atomic E-state index is 12.7. The number of benzene rings is 2. The van der Waals surface area contributed by atoms with Crippen molar-refractivity contribution in [3.05, 3.63) is 60.2 Å². The van der Waals surface area contributed by atoms with E-state index in [0.29, 0.717) is 16.9 Å². The predicted molar refractivity (Wildman–Crippen MR) is 110 cm³/mol. The first kappa shape index (κ1) is 21.4. The van der Waals surface area contributed by atoms with Crippen molar-refractivity contribution in [3.8, 4) is 22.7 Å². The summed E-state index contributed by atoms with van der Waals surface area (Å²) in [7, 11) is 0. The van der Waals surface area contributed by atoms with Crippen molar-refractivity contribution < 1.29 is 27.5 Å². The Hall–Kier alpha value is -3.82. The van der Waals surface area contributed by atoms with Crippen LogP contribution < -0.4 is 15.4 Å². The summed E-state index contributed by atoms with van der Waals surface area (Å²) >= 11 is 0. The summed E-state index contributed by atoms with van der Waals surface area (Å²) in [5.41, 5.74) is 2.45. The van der Waals surface area contributed by atoms with Crippen LogP contribution in [0.2, 0.25) is 0 Å². The summed E-state index contributed by atoms with van der Waals surface area (Å²) in [6.45, 7) is 2.12. The molecule has 2 heterocycles. The van der Waals surface area contributed by atoms with Crippen molar-refractivity contribution in [3.63, 3.8) is 0 Å². The van der Waals surface area contributed by atoms with Gasteiger partial charge in [-0.05, 0) is 30.7 Å². The number of amides is 2. The zero-order valence-electron chi connectivity index (χ0n) is 16.9. The first-order valence-corrected chi connectivity index (χ1v) is 9.79. The molecule has 32 heavy (non-hydrogen) atoms. The second kappa shape index (κ2) is 8.37. The highest BCUT2D eigenvalue weighted by atomic mass is 19.4. The molecule has 0 unspecified atom stereocenters. The van der Waals surface area contributed by atoms with E-state index < -0.39 is 12.3 Å². The Balaban J connectivity index is 1.72. The highest BCUT2D eigenvalue weighted by Crippen LogP contribution is 2.31. The Morgan fingerprint density at radius 3 is 2.66 bits per heavy atom. The van der Waals surface area contributed by atoms with Gasteiger partial charge in [0.25, 0.3) is 0 Å². The third-order valence-corrected chi connectivity index (χ3v) is 5.02. The minimum Gasteiger partial charge on any atom is -0.406 e. The number of nitrogens with one attached hydrogen (secondary N) is 2. The van der Waals surface area contributed by atoms with E-state index in [0.717, 1.165) is 5.56 Å². The van der Waals surface area contributed by atoms with Gasteiger partial charge in [-0.15, -0.1) is 18.3 Å². The van der Waals surface area contributed by atoms with E-state index in [1.54, 1.807) is 16.8 Å². The van der Waals surface area contributed by atoms with Crippen molar-refractivity contribution in [2.75, 3.05) is 11.9 Å². The van der Waals surface area contributed by atoms with Gasteiger partial charge in [-0.2, -0.15) is 0 Å². The van der Waals surface area contributed by atoms with Gasteiger partial charge in [-0.1, -0.05) is 30.3 Å². The number of carbonyl (C=O) groups excluding carboxylic acids is 2. The predicted octanol–water partition coefficient (Wildman–Crippen LogP) is 3.82. The smallest absolute Gasteiger partial charge is 0.406 e. The number of halogens is 3. The molecule has 2 aromatic carbocycles. The fraction of sp³-hybridized carbons (Fsp3) is 0.227. The van der Waals surface area contributed by atoms with Gasteiger partial charge in [0.15, 0.2) is 5.82 Å². The SMILES string of the molecule is Cc1ccccc1-n1nc(NC(=O)[C@H]2CNC(=O)C2)cc1-c1cccc(OC(F)(F)F)c1. The Bertz CT molecular complexity index is 1170. The summed E-state index contributed by atoms with van der Waals surface area (Å²) in [6, 6.07) is 14.5. The molecule has 0 aliphatic carbocycles. The van der Waals surface area contributed by atoms with Gasteiger partial charge in [0.05, 0.1) is 17.3 Å². The Labute approximate surface area is 181 Å². The number of aryl methyl sites for hydroxylation is 1. The van der Waals surface area contributed by atoms with E-state index in [1.807, 2.05) is 31.2 Å². The van der Waals surface area contributed by atoms with E-state index in [1.165, 1.54) is 18.2 Å². The van der Waals surface area contributed by atoms with Crippen LogP contribution in [0.3, 0.4) is 0 Å². The molecule has 1 aromatic heterocycles. The molecule has 1 aliphatic heterocycles. The van der Waals surface area contributed by atoms with Crippen LogP contribution in [0.15, 0.2) is 54.6 Å². The van der Waals surface area contributed by atoms with Gasteiger partial charge >= 0.3 is 6.36 Å². The first-order chi connectivity index (χ1) is 15.2. The molecule has 2 N–H and O–H groups in total. The fourth-order valence-electron chi connectivity index (χ4n) is 3.50. The van der Waals surface area contributed by atoms with Crippen LogP contribution in [0.1, 0.15) is 12.0 Å². The highest BCUT2D eigenvalue weighted by Gasteiger charge is 2.31. The van der Waals surface area contributed by atoms with Gasteiger partial charge < -0.3 is 15.4 Å². The normalized spacial score (nSPS) is 16.0. The van der Waals surface area contributed by atoms with E-state index in [4.69, 9.17) is 0 Å². The summed E-state index contributed by atoms with van der Waals surface area (Å²) in [6.07, 6.45) is -4.73. The zero-order chi connectivity index (χ0) is 22.9. The lowest BCUT2D eigenvalue weighted by Crippen LogP contribution is -2.24. The molecule has 166 valence electrons. The maximum absolute atomic E-state index is 12.7. The largest absolute Gasteiger partial charge is 0.573 e. The van der Waals surface area contributed by atoms with Gasteiger partial charge in [0, 0.05) is 24.6 Å². The maximum Gasteiger partial charge on any atom is 0.573 e. The number of hydrogen-bond acceptors (Lipinski definition) is 4. The van der Waals surface area contributed by atoms with Crippen molar-refractivity contribution in [1.82, 2.24) is 15.1 Å². The number of aromatic nitrogens is 2. The molecular weight excluding hydrogens is 425 g/mol. The van der Waals surface area contributed by atoms with Crippen LogP contribution >= 0.6 is 0 Å². The molecule has 7 nitrogen and oxygen atoms in total. The molecule has 1 aliphatic rings. The number of para-hydroxylation sites is 1. The monoisotopic (exact) mass is 444 g/mol. The molecule has 4 rings (SSSR count). The summed E-state index contributed by atoms with van der Waals surface area (Å²) in [5.74, 6) is -1.22. The average Bonchev–Trinajstić information content (AvgIpc) is 3.34. The Morgan fingerprint density at radius 1 is 1.19 bits per heavy atom. The van der Waals surface area contributed by atoms with Crippen LogP contribution in [0.5, 0.6) is 5.75 Å². The molecule has 1 fully saturated rings. The van der Waals surface area contributed by atoms with Gasteiger partial charge in [-0.25, -0.2) is 4.68 Å². The van der Waals surface area contributed by atoms with Crippen LogP contribution in [-0.2, 0) is 9.59 Å². The lowest BCUT2D eigenvalue weighted by Gasteiger charge is -2.12. The molecule has 3 aromatic rings. The fourth-order valence-corrected chi connectivity index (χ4v) is 3.50. The van der Waals surface area contributed by atoms with Crippen LogP contribution in [0.4, 0.5) is 19.0 Å². The average molecular weight is 444 g/mol. The van der Waals surface area contributed by atoms with E-state index in [-0.39, 0.29) is 36.3 Å². The number of rotatable bonds is 5. The number of ether oxygens (including phenoxy) is 1. The van der Waals surface area contributed by atoms with Crippen molar-refractivity contribution in [2.24, 2.45) is 5.92 Å². The quantitative estimate of drug-likeness (QED) is 0.627. The molecule has 1 atom stereocenters. The minimum atomic E-state index is -4.82. The summed E-state index contributed by atoms with van der Waals surface area (Å²) < 4.78 is 43.6. The summed E-state index contributed by atoms with van der Waals surface area (Å²) in [5, 5.41) is 9.78. The number of hydrogen-bond donors (Lipinski definition) is 2. The molecule has 10 heteroatoms. The first-order valence-electron chi connectivity index (χ1n) is 9.79. The van der Waals surface area contributed by atoms with Crippen LogP contribution in [0, 0.1) is 12.8 Å². The Morgan fingerprint density at radius 2 is 1.97 bits per heavy atom. The number of nitrogens with zero attached hydrogens (tertiary/aromatic N) is 2. The molecule has 0 saturated carbocycles. The summed E-state index contributed by atoms with van der Waals surface area (Å²) in [4.78, 5) is 23.9. The number of anilines is 1. The van der Waals surface area contributed by atoms with Crippen LogP contribution in [-0.4, -0.2) is 34.5 Å². The third kappa shape index (κ3) is 4.74. The van der Waals surface area contributed by atoms with E-state index in [2.05, 4.69) is 20.5 Å². The van der Waals surface area contributed by atoms with Crippen molar-refractivity contribution >= 4 is 17.6 Å². The second-order valence-corrected chi connectivity index (χ2v) is 7.38. The number of carbonyl (C=O) groups is 2. The lowest BCUT2D eigenvalue weighted by atomic mass is 10.1. The van der Waals surface area contributed by atoms with Gasteiger partial charge in [-0.3, -0.25) is 9.59 Å². The van der Waals surface area contributed by atoms with Crippen molar-refractivity contribution in [2.45, 2.75) is 19.7 Å². The highest BCUT2D eigenvalue weighted by molar-refractivity contribution is 5.97. The molecule has 0 spiro atoms. The van der Waals surface area contributed by atoms with Crippen molar-refractivity contribution in [1.29, 1.82) is 0 Å². The zero-order valence-corrected chi connectivity index (χ0v) is 16.9. The standard InChI is InChI=1S/C22H19F3N4O3/c1-13-5-2-3-8-17(13)29-18(14-6-4-7-16(9-14)32-22(23,24)25)11-19(28-29)27-21(31)15-10-20(30)26-12-15/h2-9,11,15H,10,12H2,1H3,(H,26,30)(H,27,28,31)/t15-/m1/s1. The van der Waals surface area contributed by atoms with Crippen LogP contribution in [0.25, 0.3) is 16.9 Å². The topological polar surface area (TPSA) is 85.3 Å². The minimum absolute atomic E-state index is 0.0913.